The van der Waals surface area contributed by atoms with Crippen LogP contribution >= 0.6 is 0 Å². The zero-order valence-corrected chi connectivity index (χ0v) is 12.1. The molecule has 0 radical (unpaired) electrons. The van der Waals surface area contributed by atoms with Crippen molar-refractivity contribution in [2.75, 3.05) is 4.90 Å². The van der Waals surface area contributed by atoms with Crippen LogP contribution in [0, 0.1) is 0 Å². The van der Waals surface area contributed by atoms with Crippen molar-refractivity contribution in [3.8, 4) is 0 Å². The number of nitrogens with zero attached hydrogens (tertiary/aromatic N) is 2. The number of rotatable bonds is 2. The van der Waals surface area contributed by atoms with Gasteiger partial charge in [-0.05, 0) is 49.9 Å². The van der Waals surface area contributed by atoms with E-state index in [1.165, 1.54) is 11.3 Å². The van der Waals surface area contributed by atoms with Crippen LogP contribution in [0.1, 0.15) is 37.4 Å². The molecule has 104 valence electrons. The Hall–Kier alpha value is -1.87. The van der Waals surface area contributed by atoms with Gasteiger partial charge in [0.1, 0.15) is 5.82 Å². The first-order valence-electron chi connectivity index (χ1n) is 7.25. The van der Waals surface area contributed by atoms with Crippen molar-refractivity contribution < 1.29 is 0 Å². The van der Waals surface area contributed by atoms with Crippen LogP contribution in [0.2, 0.25) is 0 Å². The van der Waals surface area contributed by atoms with Crippen LogP contribution in [0.3, 0.4) is 0 Å². The quantitative estimate of drug-likeness (QED) is 0.904. The van der Waals surface area contributed by atoms with Crippen LogP contribution in [0.25, 0.3) is 0 Å². The molecule has 1 aromatic heterocycles. The minimum absolute atomic E-state index is 0.0302. The van der Waals surface area contributed by atoms with Crippen molar-refractivity contribution in [2.24, 2.45) is 5.73 Å². The van der Waals surface area contributed by atoms with Gasteiger partial charge in [-0.1, -0.05) is 24.3 Å². The molecule has 0 bridgehead atoms. The number of fused-ring (bicyclic) bond motifs is 1. The summed E-state index contributed by atoms with van der Waals surface area (Å²) in [5.74, 6) is 1.01. The zero-order chi connectivity index (χ0) is 14.1. The predicted molar refractivity (Wildman–Crippen MR) is 83.2 cm³/mol. The molecule has 1 aliphatic rings. The van der Waals surface area contributed by atoms with Gasteiger partial charge < -0.3 is 10.6 Å². The number of hydrogen-bond donors (Lipinski definition) is 1. The fourth-order valence-electron chi connectivity index (χ4n) is 2.85. The van der Waals surface area contributed by atoms with Crippen molar-refractivity contribution in [3.63, 3.8) is 0 Å². The summed E-state index contributed by atoms with van der Waals surface area (Å²) in [6.45, 7) is 4.24. The summed E-state index contributed by atoms with van der Waals surface area (Å²) >= 11 is 0. The van der Waals surface area contributed by atoms with Crippen molar-refractivity contribution in [3.05, 3.63) is 53.7 Å². The van der Waals surface area contributed by atoms with Gasteiger partial charge >= 0.3 is 0 Å². The maximum absolute atomic E-state index is 5.89. The first-order valence-corrected chi connectivity index (χ1v) is 7.25. The monoisotopic (exact) mass is 267 g/mol. The molecule has 1 aromatic carbocycles. The molecule has 2 unspecified atom stereocenters. The van der Waals surface area contributed by atoms with E-state index in [9.17, 15) is 0 Å². The number of pyridine rings is 1. The normalized spacial score (nSPS) is 19.6. The molecule has 0 spiro atoms. The molecule has 2 heterocycles. The van der Waals surface area contributed by atoms with Crippen LogP contribution in [-0.2, 0) is 6.42 Å². The van der Waals surface area contributed by atoms with Crippen LogP contribution < -0.4 is 10.6 Å². The highest BCUT2D eigenvalue weighted by Gasteiger charge is 2.24. The fourth-order valence-corrected chi connectivity index (χ4v) is 2.85. The molecule has 3 nitrogen and oxygen atoms in total. The van der Waals surface area contributed by atoms with Gasteiger partial charge in [0.25, 0.3) is 0 Å². The maximum atomic E-state index is 5.89. The Kier molecular flexibility index (Phi) is 3.45. The topological polar surface area (TPSA) is 42.1 Å². The van der Waals surface area contributed by atoms with Crippen molar-refractivity contribution in [1.82, 2.24) is 4.98 Å². The summed E-state index contributed by atoms with van der Waals surface area (Å²) < 4.78 is 0. The van der Waals surface area contributed by atoms with Crippen LogP contribution in [0.4, 0.5) is 11.5 Å². The first kappa shape index (κ1) is 13.1. The second-order valence-corrected chi connectivity index (χ2v) is 5.62. The van der Waals surface area contributed by atoms with Gasteiger partial charge in [0, 0.05) is 24.0 Å². The lowest BCUT2D eigenvalue weighted by atomic mass is 9.96. The highest BCUT2D eigenvalue weighted by atomic mass is 15.2. The van der Waals surface area contributed by atoms with E-state index in [-0.39, 0.29) is 6.04 Å². The SMILES string of the molecule is CC(N)c1ccc(N2c3ccccc3CCC2C)nc1. The molecule has 0 saturated carbocycles. The van der Waals surface area contributed by atoms with E-state index in [1.54, 1.807) is 0 Å². The summed E-state index contributed by atoms with van der Waals surface area (Å²) in [7, 11) is 0. The Labute approximate surface area is 120 Å². The summed E-state index contributed by atoms with van der Waals surface area (Å²) in [5.41, 5.74) is 9.66. The van der Waals surface area contributed by atoms with Gasteiger partial charge in [-0.3, -0.25) is 0 Å². The Morgan fingerprint density at radius 3 is 2.75 bits per heavy atom. The van der Waals surface area contributed by atoms with E-state index in [2.05, 4.69) is 53.2 Å². The lowest BCUT2D eigenvalue weighted by Gasteiger charge is -2.36. The van der Waals surface area contributed by atoms with Crippen molar-refractivity contribution in [1.29, 1.82) is 0 Å². The molecule has 1 aliphatic heterocycles. The van der Waals surface area contributed by atoms with Gasteiger partial charge in [-0.2, -0.15) is 0 Å². The Balaban J connectivity index is 2.00. The predicted octanol–water partition coefficient (Wildman–Crippen LogP) is 3.57. The summed E-state index contributed by atoms with van der Waals surface area (Å²) in [4.78, 5) is 6.96. The minimum atomic E-state index is 0.0302. The molecule has 0 amide bonds. The minimum Gasteiger partial charge on any atom is -0.324 e. The fraction of sp³-hybridized carbons (Fsp3) is 0.353. The molecule has 0 aliphatic carbocycles. The number of aromatic nitrogens is 1. The van der Waals surface area contributed by atoms with Crippen molar-refractivity contribution in [2.45, 2.75) is 38.8 Å². The Bertz CT molecular complexity index is 589. The average molecular weight is 267 g/mol. The van der Waals surface area contributed by atoms with E-state index in [1.807, 2.05) is 13.1 Å². The average Bonchev–Trinajstić information content (AvgIpc) is 2.47. The van der Waals surface area contributed by atoms with E-state index in [0.717, 1.165) is 24.2 Å². The van der Waals surface area contributed by atoms with Gasteiger partial charge in [-0.15, -0.1) is 0 Å². The molecule has 2 atom stereocenters. The van der Waals surface area contributed by atoms with E-state index < -0.39 is 0 Å². The molecule has 20 heavy (non-hydrogen) atoms. The molecule has 3 rings (SSSR count). The number of aryl methyl sites for hydroxylation is 1. The second kappa shape index (κ2) is 5.25. The third-order valence-corrected chi connectivity index (χ3v) is 4.07. The van der Waals surface area contributed by atoms with Crippen LogP contribution in [-0.4, -0.2) is 11.0 Å². The van der Waals surface area contributed by atoms with Crippen molar-refractivity contribution >= 4 is 11.5 Å². The van der Waals surface area contributed by atoms with Gasteiger partial charge in [0.05, 0.1) is 0 Å². The standard InChI is InChI=1S/C17H21N3/c1-12-7-8-14-5-3-4-6-16(14)20(12)17-10-9-15(11-19-17)13(2)18/h3-6,9-13H,7-8,18H2,1-2H3. The summed E-state index contributed by atoms with van der Waals surface area (Å²) in [5, 5.41) is 0. The maximum Gasteiger partial charge on any atom is 0.133 e. The highest BCUT2D eigenvalue weighted by Crippen LogP contribution is 2.35. The summed E-state index contributed by atoms with van der Waals surface area (Å²) in [6.07, 6.45) is 4.20. The number of nitrogens with two attached hydrogens (primary N) is 1. The van der Waals surface area contributed by atoms with E-state index in [4.69, 9.17) is 5.73 Å². The number of benzene rings is 1. The molecular weight excluding hydrogens is 246 g/mol. The zero-order valence-electron chi connectivity index (χ0n) is 12.1. The molecule has 2 aromatic rings. The largest absolute Gasteiger partial charge is 0.324 e. The molecule has 0 saturated heterocycles. The van der Waals surface area contributed by atoms with E-state index >= 15 is 0 Å². The number of hydrogen-bond acceptors (Lipinski definition) is 3. The van der Waals surface area contributed by atoms with E-state index in [0.29, 0.717) is 6.04 Å². The number of para-hydroxylation sites is 1. The Morgan fingerprint density at radius 1 is 1.25 bits per heavy atom. The first-order chi connectivity index (χ1) is 9.66. The third kappa shape index (κ3) is 2.29. The smallest absolute Gasteiger partial charge is 0.133 e. The van der Waals surface area contributed by atoms with Crippen LogP contribution in [0.15, 0.2) is 42.6 Å². The highest BCUT2D eigenvalue weighted by molar-refractivity contribution is 5.66. The lowest BCUT2D eigenvalue weighted by Crippen LogP contribution is -2.33. The third-order valence-electron chi connectivity index (χ3n) is 4.07. The molecule has 2 N–H and O–H groups in total. The molecule has 3 heteroatoms. The summed E-state index contributed by atoms with van der Waals surface area (Å²) in [6, 6.07) is 13.3. The van der Waals surface area contributed by atoms with Crippen LogP contribution in [0.5, 0.6) is 0 Å². The van der Waals surface area contributed by atoms with Gasteiger partial charge in [-0.25, -0.2) is 4.98 Å². The number of anilines is 2. The van der Waals surface area contributed by atoms with Gasteiger partial charge in [0.15, 0.2) is 0 Å². The Morgan fingerprint density at radius 2 is 2.05 bits per heavy atom. The second-order valence-electron chi connectivity index (χ2n) is 5.62. The van der Waals surface area contributed by atoms with Gasteiger partial charge in [0.2, 0.25) is 0 Å². The molecular formula is C17H21N3. The molecule has 0 fully saturated rings. The lowest BCUT2D eigenvalue weighted by molar-refractivity contribution is 0.613.